The van der Waals surface area contributed by atoms with Gasteiger partial charge >= 0.3 is 0 Å². The first kappa shape index (κ1) is 11.5. The Bertz CT molecular complexity index is 216. The fourth-order valence-electron chi connectivity index (χ4n) is 1.54. The highest BCUT2D eigenvalue weighted by Gasteiger charge is 2.33. The average molecular weight is 198 g/mol. The van der Waals surface area contributed by atoms with E-state index in [1.165, 1.54) is 6.42 Å². The van der Waals surface area contributed by atoms with Gasteiger partial charge in [0.15, 0.2) is 0 Å². The van der Waals surface area contributed by atoms with Crippen LogP contribution in [0.1, 0.15) is 40.0 Å². The van der Waals surface area contributed by atoms with E-state index in [4.69, 9.17) is 5.73 Å². The molecule has 1 atom stereocenters. The summed E-state index contributed by atoms with van der Waals surface area (Å²) in [5.74, 6) is 0.0854. The van der Waals surface area contributed by atoms with Gasteiger partial charge in [0.25, 0.3) is 0 Å². The summed E-state index contributed by atoms with van der Waals surface area (Å²) in [6, 6.07) is 0.0593. The van der Waals surface area contributed by atoms with Gasteiger partial charge in [0.05, 0.1) is 6.04 Å². The van der Waals surface area contributed by atoms with Crippen molar-refractivity contribution >= 4 is 5.91 Å². The molecule has 0 saturated heterocycles. The van der Waals surface area contributed by atoms with Gasteiger partial charge in [0.2, 0.25) is 5.91 Å². The van der Waals surface area contributed by atoms with Gasteiger partial charge in [-0.2, -0.15) is 0 Å². The van der Waals surface area contributed by atoms with Crippen LogP contribution in [0.2, 0.25) is 0 Å². The SMILES string of the molecule is CN(C(=O)C(N)C(C)(C)C)C1CCC1. The number of rotatable bonds is 2. The number of amides is 1. The van der Waals surface area contributed by atoms with Gasteiger partial charge in [-0.3, -0.25) is 4.79 Å². The molecule has 0 radical (unpaired) electrons. The highest BCUT2D eigenvalue weighted by molar-refractivity contribution is 5.82. The van der Waals surface area contributed by atoms with Gasteiger partial charge in [-0.15, -0.1) is 0 Å². The Labute approximate surface area is 86.6 Å². The third-order valence-electron chi connectivity index (χ3n) is 3.17. The van der Waals surface area contributed by atoms with Gasteiger partial charge in [-0.1, -0.05) is 20.8 Å². The summed E-state index contributed by atoms with van der Waals surface area (Å²) in [5, 5.41) is 0. The number of carbonyl (C=O) groups excluding carboxylic acids is 1. The third-order valence-corrected chi connectivity index (χ3v) is 3.17. The molecule has 0 aromatic heterocycles. The number of nitrogens with two attached hydrogens (primary N) is 1. The van der Waals surface area contributed by atoms with E-state index in [1.807, 2.05) is 32.7 Å². The van der Waals surface area contributed by atoms with E-state index in [2.05, 4.69) is 0 Å². The predicted molar refractivity (Wildman–Crippen MR) is 57.8 cm³/mol. The van der Waals surface area contributed by atoms with Gasteiger partial charge in [-0.25, -0.2) is 0 Å². The number of carbonyl (C=O) groups is 1. The Kier molecular flexibility index (Phi) is 3.20. The Morgan fingerprint density at radius 2 is 1.93 bits per heavy atom. The van der Waals surface area contributed by atoms with Crippen LogP contribution in [0.25, 0.3) is 0 Å². The van der Waals surface area contributed by atoms with E-state index >= 15 is 0 Å². The molecule has 1 aliphatic rings. The second-order valence-electron chi connectivity index (χ2n) is 5.38. The van der Waals surface area contributed by atoms with Crippen LogP contribution in [-0.4, -0.2) is 29.9 Å². The highest BCUT2D eigenvalue weighted by Crippen LogP contribution is 2.26. The summed E-state index contributed by atoms with van der Waals surface area (Å²) in [4.78, 5) is 13.8. The quantitative estimate of drug-likeness (QED) is 0.728. The van der Waals surface area contributed by atoms with Crippen LogP contribution in [0.4, 0.5) is 0 Å². The maximum absolute atomic E-state index is 11.9. The second kappa shape index (κ2) is 3.89. The van der Waals surface area contributed by atoms with Crippen molar-refractivity contribution in [2.45, 2.75) is 52.1 Å². The van der Waals surface area contributed by atoms with E-state index in [0.717, 1.165) is 12.8 Å². The standard InChI is InChI=1S/C11H22N2O/c1-11(2,3)9(12)10(14)13(4)8-6-5-7-8/h8-9H,5-7,12H2,1-4H3. The Balaban J connectivity index is 2.55. The topological polar surface area (TPSA) is 46.3 Å². The van der Waals surface area contributed by atoms with Gasteiger partial charge in [-0.05, 0) is 24.7 Å². The van der Waals surface area contributed by atoms with Crippen LogP contribution in [-0.2, 0) is 4.79 Å². The summed E-state index contributed by atoms with van der Waals surface area (Å²) in [6.45, 7) is 6.01. The summed E-state index contributed by atoms with van der Waals surface area (Å²) in [5.41, 5.74) is 5.78. The van der Waals surface area contributed by atoms with Gasteiger partial charge in [0, 0.05) is 13.1 Å². The van der Waals surface area contributed by atoms with Crippen LogP contribution in [0.5, 0.6) is 0 Å². The fraction of sp³-hybridized carbons (Fsp3) is 0.909. The zero-order chi connectivity index (χ0) is 10.9. The molecular formula is C11H22N2O. The molecule has 0 aromatic rings. The first-order chi connectivity index (χ1) is 6.34. The van der Waals surface area contributed by atoms with Crippen molar-refractivity contribution in [3.8, 4) is 0 Å². The summed E-state index contributed by atoms with van der Waals surface area (Å²) < 4.78 is 0. The highest BCUT2D eigenvalue weighted by atomic mass is 16.2. The monoisotopic (exact) mass is 198 g/mol. The van der Waals surface area contributed by atoms with Crippen molar-refractivity contribution < 1.29 is 4.79 Å². The Morgan fingerprint density at radius 3 is 2.21 bits per heavy atom. The third kappa shape index (κ3) is 2.27. The Hall–Kier alpha value is -0.570. The van der Waals surface area contributed by atoms with E-state index in [0.29, 0.717) is 6.04 Å². The molecule has 0 heterocycles. The number of hydrogen-bond acceptors (Lipinski definition) is 2. The molecule has 1 aliphatic carbocycles. The van der Waals surface area contributed by atoms with Crippen LogP contribution >= 0.6 is 0 Å². The Morgan fingerprint density at radius 1 is 1.43 bits per heavy atom. The van der Waals surface area contributed by atoms with Crippen LogP contribution < -0.4 is 5.73 Å². The van der Waals surface area contributed by atoms with Gasteiger partial charge in [0.1, 0.15) is 0 Å². The molecule has 0 aliphatic heterocycles. The molecule has 1 saturated carbocycles. The first-order valence-corrected chi connectivity index (χ1v) is 5.36. The number of hydrogen-bond donors (Lipinski definition) is 1. The summed E-state index contributed by atoms with van der Waals surface area (Å²) in [7, 11) is 1.87. The second-order valence-corrected chi connectivity index (χ2v) is 5.38. The van der Waals surface area contributed by atoms with Crippen LogP contribution in [0, 0.1) is 5.41 Å². The lowest BCUT2D eigenvalue weighted by Gasteiger charge is -2.38. The van der Waals surface area contributed by atoms with Gasteiger partial charge < -0.3 is 10.6 Å². The predicted octanol–water partition coefficient (Wildman–Crippen LogP) is 1.37. The first-order valence-electron chi connectivity index (χ1n) is 5.36. The lowest BCUT2D eigenvalue weighted by molar-refractivity contribution is -0.137. The van der Waals surface area contributed by atoms with Crippen molar-refractivity contribution in [1.29, 1.82) is 0 Å². The molecule has 1 unspecified atom stereocenters. The zero-order valence-corrected chi connectivity index (χ0v) is 9.71. The van der Waals surface area contributed by atoms with Crippen molar-refractivity contribution in [3.63, 3.8) is 0 Å². The molecule has 0 aromatic carbocycles. The lowest BCUT2D eigenvalue weighted by atomic mass is 9.85. The molecule has 1 amide bonds. The molecule has 0 bridgehead atoms. The van der Waals surface area contributed by atoms with E-state index in [9.17, 15) is 4.79 Å². The minimum Gasteiger partial charge on any atom is -0.341 e. The maximum Gasteiger partial charge on any atom is 0.240 e. The smallest absolute Gasteiger partial charge is 0.240 e. The summed E-state index contributed by atoms with van der Waals surface area (Å²) >= 11 is 0. The van der Waals surface area contributed by atoms with Crippen LogP contribution in [0.3, 0.4) is 0 Å². The lowest BCUT2D eigenvalue weighted by Crippen LogP contribution is -2.53. The molecule has 3 heteroatoms. The molecule has 82 valence electrons. The number of nitrogens with zero attached hydrogens (tertiary/aromatic N) is 1. The molecule has 1 rings (SSSR count). The van der Waals surface area contributed by atoms with Crippen molar-refractivity contribution in [2.24, 2.45) is 11.1 Å². The molecule has 2 N–H and O–H groups in total. The van der Waals surface area contributed by atoms with E-state index < -0.39 is 0 Å². The fourth-order valence-corrected chi connectivity index (χ4v) is 1.54. The van der Waals surface area contributed by atoms with Crippen molar-refractivity contribution in [2.75, 3.05) is 7.05 Å². The van der Waals surface area contributed by atoms with E-state index in [-0.39, 0.29) is 17.4 Å². The maximum atomic E-state index is 11.9. The van der Waals surface area contributed by atoms with Crippen molar-refractivity contribution in [3.05, 3.63) is 0 Å². The molecule has 14 heavy (non-hydrogen) atoms. The normalized spacial score (nSPS) is 20.1. The molecular weight excluding hydrogens is 176 g/mol. The minimum atomic E-state index is -0.381. The average Bonchev–Trinajstić information content (AvgIpc) is 1.96. The number of likely N-dealkylation sites (N-methyl/N-ethyl adjacent to an activating group) is 1. The van der Waals surface area contributed by atoms with Crippen molar-refractivity contribution in [1.82, 2.24) is 4.90 Å². The van der Waals surface area contributed by atoms with E-state index in [1.54, 1.807) is 0 Å². The molecule has 0 spiro atoms. The zero-order valence-electron chi connectivity index (χ0n) is 9.71. The summed E-state index contributed by atoms with van der Waals surface area (Å²) in [6.07, 6.45) is 3.52. The molecule has 3 nitrogen and oxygen atoms in total. The molecule has 1 fully saturated rings. The minimum absolute atomic E-state index is 0.0854. The largest absolute Gasteiger partial charge is 0.341 e. The van der Waals surface area contributed by atoms with Crippen LogP contribution in [0.15, 0.2) is 0 Å².